The zero-order valence-electron chi connectivity index (χ0n) is 15.7. The number of terminal acetylenes is 1. The molecule has 3 aromatic rings. The third-order valence-electron chi connectivity index (χ3n) is 4.15. The summed E-state index contributed by atoms with van der Waals surface area (Å²) in [6.07, 6.45) is 5.17. The van der Waals surface area contributed by atoms with Crippen LogP contribution in [0.3, 0.4) is 0 Å². The molecule has 1 aromatic heterocycles. The third-order valence-corrected chi connectivity index (χ3v) is 4.15. The van der Waals surface area contributed by atoms with Gasteiger partial charge in [0.25, 0.3) is 11.8 Å². The molecule has 0 aliphatic carbocycles. The largest absolute Gasteiger partial charge is 0.341 e. The first kappa shape index (κ1) is 18.9. The second-order valence-corrected chi connectivity index (χ2v) is 6.27. The van der Waals surface area contributed by atoms with E-state index in [1.165, 1.54) is 0 Å². The lowest BCUT2D eigenvalue weighted by Crippen LogP contribution is -2.25. The fourth-order valence-corrected chi connectivity index (χ4v) is 2.86. The van der Waals surface area contributed by atoms with Crippen LogP contribution < -0.4 is 10.6 Å². The molecule has 0 radical (unpaired) electrons. The number of benzene rings is 2. The van der Waals surface area contributed by atoms with E-state index in [4.69, 9.17) is 6.42 Å². The van der Waals surface area contributed by atoms with Gasteiger partial charge in [-0.15, -0.1) is 6.42 Å². The number of aromatic nitrogens is 2. The Bertz CT molecular complexity index is 1060. The Morgan fingerprint density at radius 3 is 2.43 bits per heavy atom. The number of anilines is 1. The van der Waals surface area contributed by atoms with E-state index in [9.17, 15) is 9.59 Å². The van der Waals surface area contributed by atoms with E-state index >= 15 is 0 Å². The smallest absolute Gasteiger partial charge is 0.255 e. The van der Waals surface area contributed by atoms with Gasteiger partial charge in [0.1, 0.15) is 0 Å². The molecule has 0 atom stereocenters. The lowest BCUT2D eigenvalue weighted by Gasteiger charge is -2.11. The SMILES string of the molecule is C#CCNC(=O)c1ccccc1NC(=O)c1ccc(-n2nc(C)cc2C)cc1. The quantitative estimate of drug-likeness (QED) is 0.676. The van der Waals surface area contributed by atoms with Crippen molar-refractivity contribution in [3.8, 4) is 18.0 Å². The molecule has 0 unspecified atom stereocenters. The van der Waals surface area contributed by atoms with Gasteiger partial charge in [0.15, 0.2) is 0 Å². The highest BCUT2D eigenvalue weighted by molar-refractivity contribution is 6.09. The fourth-order valence-electron chi connectivity index (χ4n) is 2.86. The lowest BCUT2D eigenvalue weighted by atomic mass is 10.1. The molecule has 140 valence electrons. The number of nitrogens with one attached hydrogen (secondary N) is 2. The maximum absolute atomic E-state index is 12.6. The number of carbonyl (C=O) groups is 2. The number of hydrogen-bond acceptors (Lipinski definition) is 3. The van der Waals surface area contributed by atoms with Crippen LogP contribution in [0.5, 0.6) is 0 Å². The number of para-hydroxylation sites is 1. The fraction of sp³-hybridized carbons (Fsp3) is 0.136. The molecule has 3 rings (SSSR count). The van der Waals surface area contributed by atoms with Crippen molar-refractivity contribution in [2.45, 2.75) is 13.8 Å². The highest BCUT2D eigenvalue weighted by Crippen LogP contribution is 2.18. The normalized spacial score (nSPS) is 10.2. The maximum Gasteiger partial charge on any atom is 0.255 e. The van der Waals surface area contributed by atoms with Crippen LogP contribution in [0.25, 0.3) is 5.69 Å². The van der Waals surface area contributed by atoms with Crippen LogP contribution in [0.1, 0.15) is 32.1 Å². The van der Waals surface area contributed by atoms with E-state index in [-0.39, 0.29) is 18.4 Å². The first-order valence-electron chi connectivity index (χ1n) is 8.75. The van der Waals surface area contributed by atoms with Gasteiger partial charge in [-0.3, -0.25) is 9.59 Å². The van der Waals surface area contributed by atoms with Gasteiger partial charge >= 0.3 is 0 Å². The average molecular weight is 372 g/mol. The van der Waals surface area contributed by atoms with E-state index in [2.05, 4.69) is 21.7 Å². The van der Waals surface area contributed by atoms with Gasteiger partial charge in [0.05, 0.1) is 29.2 Å². The molecule has 0 fully saturated rings. The molecule has 6 heteroatoms. The van der Waals surface area contributed by atoms with Gasteiger partial charge in [0, 0.05) is 11.3 Å². The maximum atomic E-state index is 12.6. The molecule has 0 bridgehead atoms. The molecule has 2 aromatic carbocycles. The molecular formula is C22H20N4O2. The van der Waals surface area contributed by atoms with Crippen LogP contribution in [-0.2, 0) is 0 Å². The average Bonchev–Trinajstić information content (AvgIpc) is 3.04. The van der Waals surface area contributed by atoms with Crippen molar-refractivity contribution < 1.29 is 9.59 Å². The van der Waals surface area contributed by atoms with Crippen molar-refractivity contribution in [3.63, 3.8) is 0 Å². The van der Waals surface area contributed by atoms with Gasteiger partial charge < -0.3 is 10.6 Å². The summed E-state index contributed by atoms with van der Waals surface area (Å²) in [6, 6.07) is 15.9. The molecule has 0 saturated heterocycles. The van der Waals surface area contributed by atoms with E-state index in [1.54, 1.807) is 36.4 Å². The molecule has 0 saturated carbocycles. The first-order valence-corrected chi connectivity index (χ1v) is 8.75. The molecule has 0 spiro atoms. The van der Waals surface area contributed by atoms with E-state index in [0.717, 1.165) is 17.1 Å². The predicted molar refractivity (Wildman–Crippen MR) is 109 cm³/mol. The monoisotopic (exact) mass is 372 g/mol. The van der Waals surface area contributed by atoms with Crippen LogP contribution in [0, 0.1) is 26.2 Å². The molecule has 2 N–H and O–H groups in total. The topological polar surface area (TPSA) is 76.0 Å². The van der Waals surface area contributed by atoms with Gasteiger partial charge in [-0.25, -0.2) is 4.68 Å². The minimum atomic E-state index is -0.339. The molecule has 6 nitrogen and oxygen atoms in total. The number of nitrogens with zero attached hydrogens (tertiary/aromatic N) is 2. The van der Waals surface area contributed by atoms with Crippen molar-refractivity contribution in [2.24, 2.45) is 0 Å². The van der Waals surface area contributed by atoms with Crippen molar-refractivity contribution in [3.05, 3.63) is 77.1 Å². The summed E-state index contributed by atoms with van der Waals surface area (Å²) in [7, 11) is 0. The van der Waals surface area contributed by atoms with Crippen LogP contribution >= 0.6 is 0 Å². The Labute approximate surface area is 163 Å². The van der Waals surface area contributed by atoms with Crippen LogP contribution in [0.15, 0.2) is 54.6 Å². The van der Waals surface area contributed by atoms with Crippen molar-refractivity contribution in [2.75, 3.05) is 11.9 Å². The van der Waals surface area contributed by atoms with Crippen molar-refractivity contribution >= 4 is 17.5 Å². The zero-order chi connectivity index (χ0) is 20.1. The summed E-state index contributed by atoms with van der Waals surface area (Å²) in [4.78, 5) is 24.8. The second-order valence-electron chi connectivity index (χ2n) is 6.27. The summed E-state index contributed by atoms with van der Waals surface area (Å²) in [6.45, 7) is 4.03. The minimum Gasteiger partial charge on any atom is -0.341 e. The Hall–Kier alpha value is -3.85. The number of amides is 2. The molecule has 28 heavy (non-hydrogen) atoms. The minimum absolute atomic E-state index is 0.120. The van der Waals surface area contributed by atoms with Crippen molar-refractivity contribution in [1.29, 1.82) is 0 Å². The molecule has 1 heterocycles. The summed E-state index contributed by atoms with van der Waals surface area (Å²) in [5.74, 6) is 1.70. The highest BCUT2D eigenvalue weighted by atomic mass is 16.2. The summed E-state index contributed by atoms with van der Waals surface area (Å²) in [5.41, 5.74) is 4.07. The Morgan fingerprint density at radius 2 is 1.79 bits per heavy atom. The molecule has 0 aliphatic heterocycles. The van der Waals surface area contributed by atoms with Crippen LogP contribution in [0.4, 0.5) is 5.69 Å². The number of rotatable bonds is 5. The molecular weight excluding hydrogens is 352 g/mol. The summed E-state index contributed by atoms with van der Waals surface area (Å²) >= 11 is 0. The number of carbonyl (C=O) groups excluding carboxylic acids is 2. The first-order chi connectivity index (χ1) is 13.5. The van der Waals surface area contributed by atoms with Gasteiger partial charge in [-0.2, -0.15) is 5.10 Å². The zero-order valence-corrected chi connectivity index (χ0v) is 15.7. The van der Waals surface area contributed by atoms with Gasteiger partial charge in [0.2, 0.25) is 0 Å². The molecule has 2 amide bonds. The third kappa shape index (κ3) is 4.10. The molecule has 0 aliphatic rings. The van der Waals surface area contributed by atoms with Crippen molar-refractivity contribution in [1.82, 2.24) is 15.1 Å². The number of hydrogen-bond donors (Lipinski definition) is 2. The van der Waals surface area contributed by atoms with Crippen LogP contribution in [-0.4, -0.2) is 28.1 Å². The van der Waals surface area contributed by atoms with Crippen LogP contribution in [0.2, 0.25) is 0 Å². The Balaban J connectivity index is 1.78. The van der Waals surface area contributed by atoms with E-state index < -0.39 is 0 Å². The van der Waals surface area contributed by atoms with E-state index in [0.29, 0.717) is 16.8 Å². The van der Waals surface area contributed by atoms with E-state index in [1.807, 2.05) is 36.7 Å². The second kappa shape index (κ2) is 8.23. The Kier molecular flexibility index (Phi) is 5.56. The van der Waals surface area contributed by atoms with Gasteiger partial charge in [-0.05, 0) is 56.3 Å². The predicted octanol–water partition coefficient (Wildman–Crippen LogP) is 3.10. The Morgan fingerprint density at radius 1 is 1.07 bits per heavy atom. The standard InChI is InChI=1S/C22H20N4O2/c1-4-13-23-22(28)19-7-5-6-8-20(19)24-21(27)17-9-11-18(12-10-17)26-16(3)14-15(2)25-26/h1,5-12,14H,13H2,2-3H3,(H,23,28)(H,24,27). The lowest BCUT2D eigenvalue weighted by molar-refractivity contribution is 0.0959. The number of aryl methyl sites for hydroxylation is 2. The summed E-state index contributed by atoms with van der Waals surface area (Å²) in [5, 5.41) is 9.82. The van der Waals surface area contributed by atoms with Gasteiger partial charge in [-0.1, -0.05) is 18.1 Å². The summed E-state index contributed by atoms with van der Waals surface area (Å²) < 4.78 is 1.82. The highest BCUT2D eigenvalue weighted by Gasteiger charge is 2.14.